The zero-order valence-corrected chi connectivity index (χ0v) is 13.0. The number of hydrogen-bond donors (Lipinski definition) is 3. The first-order valence-corrected chi connectivity index (χ1v) is 7.12. The average molecular weight is 357 g/mol. The maximum Gasteiger partial charge on any atom is 0.417 e. The molecule has 0 spiro atoms. The van der Waals surface area contributed by atoms with Crippen LogP contribution in [0, 0.1) is 17.1 Å². The number of benzene rings is 1. The van der Waals surface area contributed by atoms with E-state index in [1.807, 2.05) is 0 Å². The second-order valence-corrected chi connectivity index (χ2v) is 5.78. The molecule has 0 aliphatic rings. The molecule has 1 aromatic heterocycles. The summed E-state index contributed by atoms with van der Waals surface area (Å²) in [7, 11) is 0. The topological polar surface area (TPSA) is 81.2 Å². The second kappa shape index (κ2) is 6.74. The first kappa shape index (κ1) is 18.8. The van der Waals surface area contributed by atoms with Gasteiger partial charge in [-0.15, -0.1) is 0 Å². The maximum atomic E-state index is 13.0. The summed E-state index contributed by atoms with van der Waals surface area (Å²) in [6.07, 6.45) is -3.93. The third-order valence-corrected chi connectivity index (χ3v) is 3.55. The van der Waals surface area contributed by atoms with Crippen LogP contribution in [-0.4, -0.2) is 26.6 Å². The molecule has 134 valence electrons. The van der Waals surface area contributed by atoms with Gasteiger partial charge in [-0.05, 0) is 31.2 Å². The predicted molar refractivity (Wildman–Crippen MR) is 80.8 cm³/mol. The van der Waals surface area contributed by atoms with Gasteiger partial charge in [0.05, 0.1) is 23.7 Å². The quantitative estimate of drug-likeness (QED) is 0.568. The molecule has 2 rings (SSSR count). The van der Waals surface area contributed by atoms with Gasteiger partial charge in [0, 0.05) is 18.1 Å². The van der Waals surface area contributed by atoms with Gasteiger partial charge in [-0.1, -0.05) is 0 Å². The number of hydrogen-bond acceptors (Lipinski definition) is 4. The van der Waals surface area contributed by atoms with E-state index >= 15 is 0 Å². The van der Waals surface area contributed by atoms with Crippen LogP contribution < -0.4 is 5.32 Å². The summed E-state index contributed by atoms with van der Waals surface area (Å²) in [5, 5.41) is 31.5. The van der Waals surface area contributed by atoms with Crippen molar-refractivity contribution in [1.29, 1.82) is 5.26 Å². The van der Waals surface area contributed by atoms with Crippen LogP contribution in [0.3, 0.4) is 0 Å². The van der Waals surface area contributed by atoms with E-state index in [1.165, 1.54) is 29.8 Å². The number of nitrogens with one attached hydrogen (secondary N) is 1. The zero-order chi connectivity index (χ0) is 18.8. The van der Waals surface area contributed by atoms with Crippen molar-refractivity contribution in [2.45, 2.75) is 31.5 Å². The van der Waals surface area contributed by atoms with Crippen LogP contribution >= 0.6 is 0 Å². The van der Waals surface area contributed by atoms with Crippen molar-refractivity contribution in [3.8, 4) is 6.07 Å². The van der Waals surface area contributed by atoms with E-state index in [4.69, 9.17) is 5.26 Å². The van der Waals surface area contributed by atoms with Gasteiger partial charge >= 0.3 is 6.18 Å². The Morgan fingerprint density at radius 3 is 2.52 bits per heavy atom. The fourth-order valence-electron chi connectivity index (χ4n) is 2.25. The molecule has 1 aromatic carbocycles. The maximum absolute atomic E-state index is 13.0. The minimum absolute atomic E-state index is 0.127. The largest absolute Gasteiger partial charge is 0.417 e. The molecule has 25 heavy (non-hydrogen) atoms. The Balaban J connectivity index is 2.19. The van der Waals surface area contributed by atoms with E-state index in [0.717, 1.165) is 18.3 Å². The number of alkyl halides is 3. The van der Waals surface area contributed by atoms with Crippen molar-refractivity contribution in [2.24, 2.45) is 0 Å². The summed E-state index contributed by atoms with van der Waals surface area (Å²) in [4.78, 5) is 0. The lowest BCUT2D eigenvalue weighted by atomic mass is 10.0. The van der Waals surface area contributed by atoms with Gasteiger partial charge in [0.15, 0.2) is 6.23 Å². The predicted octanol–water partition coefficient (Wildman–Crippen LogP) is 2.70. The second-order valence-electron chi connectivity index (χ2n) is 5.78. The monoisotopic (exact) mass is 357 g/mol. The number of halogens is 4. The highest BCUT2D eigenvalue weighted by Gasteiger charge is 2.35. The molecule has 9 heteroatoms. The molecule has 2 atom stereocenters. The molecule has 0 aliphatic heterocycles. The molecule has 0 radical (unpaired) electrons. The summed E-state index contributed by atoms with van der Waals surface area (Å²) < 4.78 is 53.1. The van der Waals surface area contributed by atoms with Crippen molar-refractivity contribution in [3.05, 3.63) is 53.6 Å². The van der Waals surface area contributed by atoms with Gasteiger partial charge in [0.25, 0.3) is 0 Å². The van der Waals surface area contributed by atoms with Gasteiger partial charge in [-0.2, -0.15) is 18.4 Å². The third kappa shape index (κ3) is 4.49. The fourth-order valence-corrected chi connectivity index (χ4v) is 2.25. The SMILES string of the molecule is CC(O)(Cn1ccc(F)c1)C(O)Nc1ccc(C#N)c(C(F)(F)F)c1. The lowest BCUT2D eigenvalue weighted by Gasteiger charge is -2.30. The first-order chi connectivity index (χ1) is 11.5. The van der Waals surface area contributed by atoms with Crippen molar-refractivity contribution in [2.75, 3.05) is 5.32 Å². The van der Waals surface area contributed by atoms with Crippen LogP contribution in [0.15, 0.2) is 36.7 Å². The van der Waals surface area contributed by atoms with Gasteiger partial charge in [-0.25, -0.2) is 4.39 Å². The van der Waals surface area contributed by atoms with Crippen LogP contribution in [-0.2, 0) is 12.7 Å². The summed E-state index contributed by atoms with van der Waals surface area (Å²) in [5.41, 5.74) is -3.64. The number of nitriles is 1. The minimum atomic E-state index is -4.74. The summed E-state index contributed by atoms with van der Waals surface area (Å²) in [6, 6.07) is 5.43. The van der Waals surface area contributed by atoms with Gasteiger partial charge in [-0.3, -0.25) is 0 Å². The van der Waals surface area contributed by atoms with E-state index in [0.29, 0.717) is 6.07 Å². The normalized spacial score (nSPS) is 15.3. The highest BCUT2D eigenvalue weighted by molar-refractivity contribution is 5.53. The standard InChI is InChI=1S/C16H15F4N3O2/c1-15(25,9-23-5-4-11(17)8-23)14(24)22-12-3-2-10(7-21)13(6-12)16(18,19)20/h2-6,8,14,22,24-25H,9H2,1H3. The molecule has 5 nitrogen and oxygen atoms in total. The molecular formula is C16H15F4N3O2. The van der Waals surface area contributed by atoms with Crippen LogP contribution in [0.1, 0.15) is 18.1 Å². The number of nitrogens with zero attached hydrogens (tertiary/aromatic N) is 2. The summed E-state index contributed by atoms with van der Waals surface area (Å²) in [6.45, 7) is 1.05. The highest BCUT2D eigenvalue weighted by Crippen LogP contribution is 2.34. The Labute approximate surface area is 140 Å². The van der Waals surface area contributed by atoms with E-state index in [1.54, 1.807) is 0 Å². The number of aromatic nitrogens is 1. The number of anilines is 1. The Morgan fingerprint density at radius 1 is 1.32 bits per heavy atom. The smallest absolute Gasteiger partial charge is 0.384 e. The van der Waals surface area contributed by atoms with Crippen molar-refractivity contribution in [3.63, 3.8) is 0 Å². The number of aliphatic hydroxyl groups excluding tert-OH is 1. The first-order valence-electron chi connectivity index (χ1n) is 7.12. The molecule has 2 aromatic rings. The van der Waals surface area contributed by atoms with E-state index < -0.39 is 34.9 Å². The van der Waals surface area contributed by atoms with Crippen LogP contribution in [0.5, 0.6) is 0 Å². The third-order valence-electron chi connectivity index (χ3n) is 3.55. The van der Waals surface area contributed by atoms with Crippen molar-refractivity contribution < 1.29 is 27.8 Å². The van der Waals surface area contributed by atoms with Crippen LogP contribution in [0.4, 0.5) is 23.2 Å². The Morgan fingerprint density at radius 2 is 2.00 bits per heavy atom. The Hall–Kier alpha value is -2.57. The summed E-state index contributed by atoms with van der Waals surface area (Å²) >= 11 is 0. The van der Waals surface area contributed by atoms with Gasteiger partial charge in [0.2, 0.25) is 0 Å². The fraction of sp³-hybridized carbons (Fsp3) is 0.312. The number of rotatable bonds is 5. The molecule has 0 fully saturated rings. The van der Waals surface area contributed by atoms with E-state index in [9.17, 15) is 27.8 Å². The Kier molecular flexibility index (Phi) is 5.06. The lowest BCUT2D eigenvalue weighted by Crippen LogP contribution is -2.47. The van der Waals surface area contributed by atoms with E-state index in [2.05, 4.69) is 5.32 Å². The van der Waals surface area contributed by atoms with Crippen LogP contribution in [0.2, 0.25) is 0 Å². The molecule has 1 heterocycles. The molecular weight excluding hydrogens is 342 g/mol. The molecule has 0 aliphatic carbocycles. The minimum Gasteiger partial charge on any atom is -0.384 e. The Bertz CT molecular complexity index is 793. The molecule has 0 saturated carbocycles. The molecule has 0 bridgehead atoms. The number of aliphatic hydroxyl groups is 2. The van der Waals surface area contributed by atoms with Crippen molar-refractivity contribution in [1.82, 2.24) is 4.57 Å². The highest BCUT2D eigenvalue weighted by atomic mass is 19.4. The van der Waals surface area contributed by atoms with E-state index in [-0.39, 0.29) is 12.2 Å². The molecule has 2 unspecified atom stereocenters. The molecule has 3 N–H and O–H groups in total. The molecule has 0 amide bonds. The molecule has 0 saturated heterocycles. The van der Waals surface area contributed by atoms with Gasteiger partial charge < -0.3 is 20.1 Å². The van der Waals surface area contributed by atoms with Crippen LogP contribution in [0.25, 0.3) is 0 Å². The van der Waals surface area contributed by atoms with Gasteiger partial charge in [0.1, 0.15) is 11.4 Å². The zero-order valence-electron chi connectivity index (χ0n) is 13.0. The van der Waals surface area contributed by atoms with Crippen molar-refractivity contribution >= 4 is 5.69 Å². The summed E-state index contributed by atoms with van der Waals surface area (Å²) in [5.74, 6) is -0.528. The lowest BCUT2D eigenvalue weighted by molar-refractivity contribution is -0.137. The average Bonchev–Trinajstić information content (AvgIpc) is 2.90.